The third-order valence-corrected chi connectivity index (χ3v) is 3.23. The first kappa shape index (κ1) is 11.0. The van der Waals surface area contributed by atoms with Crippen LogP contribution in [-0.2, 0) is 6.42 Å². The second kappa shape index (κ2) is 4.16. The van der Waals surface area contributed by atoms with Crippen LogP contribution in [0.2, 0.25) is 0 Å². The largest absolute Gasteiger partial charge is 0.350 e. The molecular formula is C13H20N3+. The summed E-state index contributed by atoms with van der Waals surface area (Å²) in [5.41, 5.74) is 8.82. The third-order valence-electron chi connectivity index (χ3n) is 3.23. The molecule has 3 nitrogen and oxygen atoms in total. The Bertz CT molecular complexity index is 419. The summed E-state index contributed by atoms with van der Waals surface area (Å²) in [6.07, 6.45) is 2.31. The molecule has 16 heavy (non-hydrogen) atoms. The van der Waals surface area contributed by atoms with E-state index in [9.17, 15) is 0 Å². The predicted molar refractivity (Wildman–Crippen MR) is 68.0 cm³/mol. The Kier molecular flexibility index (Phi) is 2.86. The normalized spacial score (nSPS) is 19.2. The standard InChI is InChI=1S/C13H19N3/c1-10-8-9-11-6-4-5-7-12(11)16(10)13(14)15(2)3/h4-7,10,14H,8-9H2,1-3H3/p+1/t10-/m0/s1. The maximum Gasteiger partial charge on any atom is 0.350 e. The van der Waals surface area contributed by atoms with Gasteiger partial charge in [0.05, 0.1) is 20.1 Å². The average Bonchev–Trinajstić information content (AvgIpc) is 2.28. The van der Waals surface area contributed by atoms with Gasteiger partial charge in [0.15, 0.2) is 0 Å². The number of hydrogen-bond donors (Lipinski definition) is 1. The average molecular weight is 218 g/mol. The summed E-state index contributed by atoms with van der Waals surface area (Å²) < 4.78 is 1.97. The molecule has 1 atom stereocenters. The molecule has 0 radical (unpaired) electrons. The summed E-state index contributed by atoms with van der Waals surface area (Å²) in [6.45, 7) is 2.23. The van der Waals surface area contributed by atoms with Crippen molar-refractivity contribution >= 4 is 11.6 Å². The topological polar surface area (TPSA) is 32.3 Å². The van der Waals surface area contributed by atoms with Gasteiger partial charge in [-0.1, -0.05) is 18.2 Å². The fourth-order valence-corrected chi connectivity index (χ4v) is 2.25. The van der Waals surface area contributed by atoms with Gasteiger partial charge in [0.25, 0.3) is 0 Å². The van der Waals surface area contributed by atoms with Crippen LogP contribution in [0, 0.1) is 0 Å². The molecule has 86 valence electrons. The minimum absolute atomic E-state index is 0.470. The van der Waals surface area contributed by atoms with E-state index < -0.39 is 0 Å². The Labute approximate surface area is 97.2 Å². The van der Waals surface area contributed by atoms with E-state index in [0.717, 1.165) is 18.8 Å². The molecule has 1 heterocycles. The van der Waals surface area contributed by atoms with Gasteiger partial charge in [-0.15, -0.1) is 0 Å². The molecule has 0 bridgehead atoms. The maximum atomic E-state index is 6.16. The summed E-state index contributed by atoms with van der Waals surface area (Å²) in [6, 6.07) is 8.99. The highest BCUT2D eigenvalue weighted by atomic mass is 15.3. The summed E-state index contributed by atoms with van der Waals surface area (Å²) in [5.74, 6) is 0.819. The first-order chi connectivity index (χ1) is 7.61. The summed E-state index contributed by atoms with van der Waals surface area (Å²) in [7, 11) is 3.97. The molecule has 3 heteroatoms. The third kappa shape index (κ3) is 1.77. The van der Waals surface area contributed by atoms with Gasteiger partial charge in [-0.2, -0.15) is 0 Å². The molecule has 0 aliphatic carbocycles. The molecule has 0 aromatic heterocycles. The smallest absolute Gasteiger partial charge is 0.290 e. The van der Waals surface area contributed by atoms with E-state index in [1.165, 1.54) is 11.3 Å². The summed E-state index contributed by atoms with van der Waals surface area (Å²) in [5, 5.41) is 0. The van der Waals surface area contributed by atoms with E-state index in [0.29, 0.717) is 6.04 Å². The van der Waals surface area contributed by atoms with Crippen LogP contribution in [0.4, 0.5) is 5.69 Å². The van der Waals surface area contributed by atoms with E-state index in [1.54, 1.807) is 0 Å². The lowest BCUT2D eigenvalue weighted by molar-refractivity contribution is -0.466. The Morgan fingerprint density at radius 2 is 2.06 bits per heavy atom. The van der Waals surface area contributed by atoms with Crippen LogP contribution in [0.15, 0.2) is 24.3 Å². The second-order valence-electron chi connectivity index (χ2n) is 4.64. The number of aryl methyl sites for hydroxylation is 1. The van der Waals surface area contributed by atoms with Crippen LogP contribution >= 0.6 is 0 Å². The van der Waals surface area contributed by atoms with Crippen molar-refractivity contribution in [1.82, 2.24) is 0 Å². The van der Waals surface area contributed by atoms with Gasteiger partial charge in [0, 0.05) is 0 Å². The molecular weight excluding hydrogens is 198 g/mol. The van der Waals surface area contributed by atoms with Crippen LogP contribution in [0.5, 0.6) is 0 Å². The Balaban J connectivity index is 2.49. The van der Waals surface area contributed by atoms with Crippen LogP contribution in [0.25, 0.3) is 0 Å². The summed E-state index contributed by atoms with van der Waals surface area (Å²) >= 11 is 0. The Hall–Kier alpha value is -1.51. The minimum atomic E-state index is 0.470. The highest BCUT2D eigenvalue weighted by Crippen LogP contribution is 2.29. The maximum absolute atomic E-state index is 6.16. The van der Waals surface area contributed by atoms with E-state index in [-0.39, 0.29) is 0 Å². The fraction of sp³-hybridized carbons (Fsp3) is 0.462. The molecule has 0 amide bonds. The minimum Gasteiger partial charge on any atom is -0.290 e. The number of nitrogens with two attached hydrogens (primary N) is 1. The molecule has 0 saturated carbocycles. The Morgan fingerprint density at radius 1 is 1.38 bits per heavy atom. The second-order valence-corrected chi connectivity index (χ2v) is 4.64. The van der Waals surface area contributed by atoms with Crippen molar-refractivity contribution in [2.75, 3.05) is 19.0 Å². The number of hydrogen-bond acceptors (Lipinski definition) is 0. The van der Waals surface area contributed by atoms with Crippen molar-refractivity contribution in [1.29, 1.82) is 0 Å². The van der Waals surface area contributed by atoms with Crippen molar-refractivity contribution in [3.63, 3.8) is 0 Å². The molecule has 1 aliphatic heterocycles. The first-order valence-corrected chi connectivity index (χ1v) is 5.78. The van der Waals surface area contributed by atoms with Gasteiger partial charge in [-0.05, 0) is 31.4 Å². The lowest BCUT2D eigenvalue weighted by Gasteiger charge is -2.31. The zero-order valence-corrected chi connectivity index (χ0v) is 10.3. The molecule has 2 N–H and O–H groups in total. The van der Waals surface area contributed by atoms with Crippen molar-refractivity contribution in [2.24, 2.45) is 5.73 Å². The zero-order valence-electron chi connectivity index (χ0n) is 10.3. The van der Waals surface area contributed by atoms with Gasteiger partial charge in [0.2, 0.25) is 0 Å². The highest BCUT2D eigenvalue weighted by molar-refractivity contribution is 5.93. The lowest BCUT2D eigenvalue weighted by atomic mass is 9.97. The van der Waals surface area contributed by atoms with Crippen molar-refractivity contribution in [3.05, 3.63) is 29.8 Å². The van der Waals surface area contributed by atoms with Crippen molar-refractivity contribution in [3.8, 4) is 0 Å². The molecule has 0 saturated heterocycles. The number of fused-ring (bicyclic) bond motifs is 1. The first-order valence-electron chi connectivity index (χ1n) is 5.78. The van der Waals surface area contributed by atoms with E-state index >= 15 is 0 Å². The molecule has 2 rings (SSSR count). The van der Waals surface area contributed by atoms with Gasteiger partial charge in [-0.3, -0.25) is 10.3 Å². The highest BCUT2D eigenvalue weighted by Gasteiger charge is 2.30. The molecule has 0 spiro atoms. The van der Waals surface area contributed by atoms with Gasteiger partial charge in [0.1, 0.15) is 5.69 Å². The fourth-order valence-electron chi connectivity index (χ4n) is 2.25. The van der Waals surface area contributed by atoms with Crippen LogP contribution in [0.1, 0.15) is 18.9 Å². The zero-order chi connectivity index (χ0) is 11.7. The van der Waals surface area contributed by atoms with Gasteiger partial charge >= 0.3 is 5.96 Å². The van der Waals surface area contributed by atoms with E-state index in [4.69, 9.17) is 5.73 Å². The van der Waals surface area contributed by atoms with Crippen LogP contribution < -0.4 is 10.6 Å². The van der Waals surface area contributed by atoms with Crippen molar-refractivity contribution in [2.45, 2.75) is 25.8 Å². The monoisotopic (exact) mass is 218 g/mol. The molecule has 0 unspecified atom stereocenters. The SMILES string of the molecule is C[C@H]1CCc2ccccc2N1C(N)=[N+](C)C. The van der Waals surface area contributed by atoms with Crippen LogP contribution in [0.3, 0.4) is 0 Å². The van der Waals surface area contributed by atoms with E-state index in [1.807, 2.05) is 18.7 Å². The van der Waals surface area contributed by atoms with E-state index in [2.05, 4.69) is 36.1 Å². The van der Waals surface area contributed by atoms with Crippen LogP contribution in [-0.4, -0.2) is 30.7 Å². The van der Waals surface area contributed by atoms with Gasteiger partial charge in [-0.25, -0.2) is 4.90 Å². The number of benzene rings is 1. The molecule has 1 aromatic rings. The number of guanidine groups is 1. The number of nitrogens with zero attached hydrogens (tertiary/aromatic N) is 2. The quantitative estimate of drug-likeness (QED) is 0.406. The summed E-state index contributed by atoms with van der Waals surface area (Å²) in [4.78, 5) is 2.23. The molecule has 0 fully saturated rings. The molecule has 1 aromatic carbocycles. The molecule has 1 aliphatic rings. The Morgan fingerprint density at radius 3 is 2.75 bits per heavy atom. The number of rotatable bonds is 0. The predicted octanol–water partition coefficient (Wildman–Crippen LogP) is 1.41. The van der Waals surface area contributed by atoms with Gasteiger partial charge < -0.3 is 0 Å². The number of para-hydroxylation sites is 1. The number of anilines is 1. The van der Waals surface area contributed by atoms with Crippen molar-refractivity contribution < 1.29 is 4.58 Å². The lowest BCUT2D eigenvalue weighted by Crippen LogP contribution is -2.49.